The van der Waals surface area contributed by atoms with Gasteiger partial charge in [0.25, 0.3) is 0 Å². The molecule has 3 rings (SSSR count). The van der Waals surface area contributed by atoms with Gasteiger partial charge >= 0.3 is 6.01 Å². The summed E-state index contributed by atoms with van der Waals surface area (Å²) in [7, 11) is 0. The Morgan fingerprint density at radius 1 is 1.43 bits per heavy atom. The largest absolute Gasteiger partial charge is 0.472 e. The lowest BCUT2D eigenvalue weighted by Gasteiger charge is -2.16. The van der Waals surface area contributed by atoms with Crippen molar-refractivity contribution in [3.8, 4) is 6.01 Å². The molecule has 1 atom stereocenters. The predicted molar refractivity (Wildman–Crippen MR) is 77.8 cm³/mol. The summed E-state index contributed by atoms with van der Waals surface area (Å²) in [4.78, 5) is 15.4. The molecule has 0 saturated heterocycles. The number of fused-ring (bicyclic) bond motifs is 1. The number of nitrogens with zero attached hydrogens (tertiary/aromatic N) is 3. The number of nitrogen functional groups attached to an aromatic ring is 1. The summed E-state index contributed by atoms with van der Waals surface area (Å²) in [6.07, 6.45) is 7.53. The van der Waals surface area contributed by atoms with E-state index in [1.165, 1.54) is 6.33 Å². The molecule has 0 aliphatic carbocycles. The van der Waals surface area contributed by atoms with Gasteiger partial charge in [0.05, 0.1) is 18.9 Å². The van der Waals surface area contributed by atoms with E-state index in [9.17, 15) is 0 Å². The van der Waals surface area contributed by atoms with Crippen molar-refractivity contribution in [2.75, 3.05) is 5.73 Å². The Bertz CT molecular complexity index is 707. The van der Waals surface area contributed by atoms with Crippen LogP contribution in [0.5, 0.6) is 6.01 Å². The van der Waals surface area contributed by atoms with Crippen LogP contribution < -0.4 is 10.5 Å². The highest BCUT2D eigenvalue weighted by Crippen LogP contribution is 2.19. The number of rotatable bonds is 6. The zero-order chi connectivity index (χ0) is 14.7. The summed E-state index contributed by atoms with van der Waals surface area (Å²) in [6.45, 7) is 2.11. The molecule has 7 heteroatoms. The lowest BCUT2D eigenvalue weighted by Crippen LogP contribution is -2.20. The van der Waals surface area contributed by atoms with Gasteiger partial charge in [-0.3, -0.25) is 0 Å². The minimum Gasteiger partial charge on any atom is -0.472 e. The highest BCUT2D eigenvalue weighted by molar-refractivity contribution is 5.81. The Hall–Kier alpha value is -2.57. The zero-order valence-electron chi connectivity index (χ0n) is 11.7. The van der Waals surface area contributed by atoms with E-state index in [4.69, 9.17) is 14.9 Å². The van der Waals surface area contributed by atoms with Crippen LogP contribution in [0, 0.1) is 0 Å². The highest BCUT2D eigenvalue weighted by Gasteiger charge is 2.15. The van der Waals surface area contributed by atoms with Gasteiger partial charge in [0.2, 0.25) is 0 Å². The van der Waals surface area contributed by atoms with Gasteiger partial charge in [-0.25, -0.2) is 4.98 Å². The molecule has 7 nitrogen and oxygen atoms in total. The van der Waals surface area contributed by atoms with Gasteiger partial charge in [-0.1, -0.05) is 13.3 Å². The van der Waals surface area contributed by atoms with Crippen LogP contribution in [0.25, 0.3) is 11.2 Å². The smallest absolute Gasteiger partial charge is 0.320 e. The second-order valence-corrected chi connectivity index (χ2v) is 4.86. The molecule has 110 valence electrons. The van der Waals surface area contributed by atoms with Crippen LogP contribution in [-0.4, -0.2) is 26.0 Å². The summed E-state index contributed by atoms with van der Waals surface area (Å²) < 4.78 is 11.0. The maximum absolute atomic E-state index is 5.89. The van der Waals surface area contributed by atoms with Crippen LogP contribution in [0.4, 0.5) is 5.82 Å². The average Bonchev–Trinajstić information content (AvgIpc) is 3.10. The number of nitrogens with one attached hydrogen (secondary N) is 1. The number of ether oxygens (including phenoxy) is 1. The second kappa shape index (κ2) is 5.82. The SMILES string of the molecule is CCCC(Cc1ccoc1)Oc1nc(N)c2[nH]cnc2n1. The molecule has 0 bridgehead atoms. The molecule has 3 heterocycles. The number of H-pyrrole nitrogens is 1. The van der Waals surface area contributed by atoms with E-state index >= 15 is 0 Å². The van der Waals surface area contributed by atoms with Crippen molar-refractivity contribution in [1.29, 1.82) is 0 Å². The molecule has 0 saturated carbocycles. The number of imidazole rings is 1. The summed E-state index contributed by atoms with van der Waals surface area (Å²) in [5.41, 5.74) is 8.09. The summed E-state index contributed by atoms with van der Waals surface area (Å²) in [6, 6.07) is 2.19. The monoisotopic (exact) mass is 287 g/mol. The van der Waals surface area contributed by atoms with Gasteiger partial charge in [0.1, 0.15) is 11.6 Å². The van der Waals surface area contributed by atoms with Gasteiger partial charge in [-0.05, 0) is 18.1 Å². The van der Waals surface area contributed by atoms with Crippen molar-refractivity contribution in [3.05, 3.63) is 30.5 Å². The topological polar surface area (TPSA) is 103 Å². The summed E-state index contributed by atoms with van der Waals surface area (Å²) in [5, 5.41) is 0. The Labute approximate surface area is 121 Å². The summed E-state index contributed by atoms with van der Waals surface area (Å²) >= 11 is 0. The van der Waals surface area contributed by atoms with E-state index < -0.39 is 0 Å². The maximum Gasteiger partial charge on any atom is 0.320 e. The van der Waals surface area contributed by atoms with Crippen LogP contribution in [0.3, 0.4) is 0 Å². The first kappa shape index (κ1) is 13.4. The molecule has 0 fully saturated rings. The molecular weight excluding hydrogens is 270 g/mol. The van der Waals surface area contributed by atoms with E-state index in [0.717, 1.165) is 24.8 Å². The Morgan fingerprint density at radius 3 is 3.10 bits per heavy atom. The van der Waals surface area contributed by atoms with Crippen molar-refractivity contribution in [3.63, 3.8) is 0 Å². The number of aromatic amines is 1. The van der Waals surface area contributed by atoms with Crippen LogP contribution in [0.2, 0.25) is 0 Å². The molecule has 0 aromatic carbocycles. The molecule has 3 aromatic rings. The molecule has 0 aliphatic heterocycles. The van der Waals surface area contributed by atoms with Gasteiger partial charge in [-0.2, -0.15) is 9.97 Å². The third-order valence-electron chi connectivity index (χ3n) is 3.22. The van der Waals surface area contributed by atoms with E-state index in [1.807, 2.05) is 6.07 Å². The Kier molecular flexibility index (Phi) is 3.72. The number of nitrogens with two attached hydrogens (primary N) is 1. The van der Waals surface area contributed by atoms with Crippen LogP contribution in [-0.2, 0) is 6.42 Å². The van der Waals surface area contributed by atoms with E-state index in [2.05, 4.69) is 26.9 Å². The van der Waals surface area contributed by atoms with Gasteiger partial charge in [0, 0.05) is 6.42 Å². The van der Waals surface area contributed by atoms with Crippen molar-refractivity contribution in [2.45, 2.75) is 32.3 Å². The zero-order valence-corrected chi connectivity index (χ0v) is 11.7. The molecule has 3 aromatic heterocycles. The van der Waals surface area contributed by atoms with Crippen LogP contribution in [0.15, 0.2) is 29.3 Å². The molecule has 0 spiro atoms. The van der Waals surface area contributed by atoms with E-state index in [1.54, 1.807) is 12.5 Å². The Morgan fingerprint density at radius 2 is 2.33 bits per heavy atom. The van der Waals surface area contributed by atoms with Crippen molar-refractivity contribution in [2.24, 2.45) is 0 Å². The molecule has 0 radical (unpaired) electrons. The fourth-order valence-electron chi connectivity index (χ4n) is 2.23. The van der Waals surface area contributed by atoms with Gasteiger partial charge < -0.3 is 19.9 Å². The Balaban J connectivity index is 1.79. The molecule has 0 amide bonds. The molecule has 21 heavy (non-hydrogen) atoms. The van der Waals surface area contributed by atoms with Crippen molar-refractivity contribution >= 4 is 17.0 Å². The molecule has 1 unspecified atom stereocenters. The number of aromatic nitrogens is 4. The lowest BCUT2D eigenvalue weighted by molar-refractivity contribution is 0.175. The number of furan rings is 1. The maximum atomic E-state index is 5.89. The second-order valence-electron chi connectivity index (χ2n) is 4.86. The minimum absolute atomic E-state index is 0.0246. The lowest BCUT2D eigenvalue weighted by atomic mass is 10.1. The fraction of sp³-hybridized carbons (Fsp3) is 0.357. The first-order valence-corrected chi connectivity index (χ1v) is 6.90. The van der Waals surface area contributed by atoms with E-state index in [0.29, 0.717) is 17.0 Å². The third-order valence-corrected chi connectivity index (χ3v) is 3.22. The highest BCUT2D eigenvalue weighted by atomic mass is 16.5. The van der Waals surface area contributed by atoms with Crippen molar-refractivity contribution in [1.82, 2.24) is 19.9 Å². The standard InChI is InChI=1S/C14H17N5O2/c1-2-3-10(6-9-4-5-20-7-9)21-14-18-12(15)11-13(19-14)17-8-16-11/h4-5,7-8,10H,2-3,6H2,1H3,(H3,15,16,17,18,19). The van der Waals surface area contributed by atoms with Gasteiger partial charge in [0.15, 0.2) is 11.5 Å². The van der Waals surface area contributed by atoms with E-state index in [-0.39, 0.29) is 12.1 Å². The number of hydrogen-bond donors (Lipinski definition) is 2. The molecule has 3 N–H and O–H groups in total. The normalized spacial score (nSPS) is 12.6. The minimum atomic E-state index is -0.0246. The summed E-state index contributed by atoms with van der Waals surface area (Å²) in [5.74, 6) is 0.339. The average molecular weight is 287 g/mol. The fourth-order valence-corrected chi connectivity index (χ4v) is 2.23. The predicted octanol–water partition coefficient (Wildman–Crippen LogP) is 2.32. The van der Waals surface area contributed by atoms with Crippen LogP contribution >= 0.6 is 0 Å². The van der Waals surface area contributed by atoms with Crippen molar-refractivity contribution < 1.29 is 9.15 Å². The third kappa shape index (κ3) is 2.96. The first-order valence-electron chi connectivity index (χ1n) is 6.90. The quantitative estimate of drug-likeness (QED) is 0.721. The first-order chi connectivity index (χ1) is 10.3. The molecular formula is C14H17N5O2. The number of anilines is 1. The van der Waals surface area contributed by atoms with Crippen LogP contribution in [0.1, 0.15) is 25.3 Å². The molecule has 0 aliphatic rings. The number of hydrogen-bond acceptors (Lipinski definition) is 6. The van der Waals surface area contributed by atoms with Gasteiger partial charge in [-0.15, -0.1) is 0 Å².